The summed E-state index contributed by atoms with van der Waals surface area (Å²) in [6, 6.07) is 3.52. The van der Waals surface area contributed by atoms with Crippen molar-refractivity contribution < 1.29 is 0 Å². The monoisotopic (exact) mass is 212 g/mol. The van der Waals surface area contributed by atoms with Crippen LogP contribution in [0.2, 0.25) is 5.02 Å². The van der Waals surface area contributed by atoms with Gasteiger partial charge in [0, 0.05) is 22.0 Å². The van der Waals surface area contributed by atoms with E-state index in [9.17, 15) is 0 Å². The molecule has 3 N–H and O–H groups in total. The van der Waals surface area contributed by atoms with Gasteiger partial charge in [-0.1, -0.05) is 25.4 Å². The Labute approximate surface area is 90.6 Å². The Kier molecular flexibility index (Phi) is 5.24. The molecule has 0 bridgehead atoms. The lowest BCUT2D eigenvalue weighted by molar-refractivity contribution is 1.41. The molecule has 78 valence electrons. The third-order valence-electron chi connectivity index (χ3n) is 1.73. The highest BCUT2D eigenvalue weighted by atomic mass is 35.5. The van der Waals surface area contributed by atoms with Gasteiger partial charge in [0.2, 0.25) is 0 Å². The molecule has 0 saturated heterocycles. The molecule has 0 heterocycles. The maximum absolute atomic E-state index is 7.42. The summed E-state index contributed by atoms with van der Waals surface area (Å²) in [4.78, 5) is 0. The number of benzene rings is 1. The standard InChI is InChI=1S/C9H11ClN2.C2H6/c1-5-3-7(6(2)11)9(12)4-8(5)10;1-2/h3-4,11H,12H2,1-2H3;1-2H3. The van der Waals surface area contributed by atoms with Crippen LogP contribution >= 0.6 is 11.6 Å². The summed E-state index contributed by atoms with van der Waals surface area (Å²) in [7, 11) is 0. The van der Waals surface area contributed by atoms with Gasteiger partial charge in [0.25, 0.3) is 0 Å². The molecule has 0 spiro atoms. The number of aryl methyl sites for hydroxylation is 1. The molecular formula is C11H17ClN2. The van der Waals surface area contributed by atoms with E-state index in [0.717, 1.165) is 11.1 Å². The highest BCUT2D eigenvalue weighted by Gasteiger charge is 2.04. The van der Waals surface area contributed by atoms with Crippen LogP contribution in [0.1, 0.15) is 31.9 Å². The summed E-state index contributed by atoms with van der Waals surface area (Å²) in [5.41, 5.74) is 8.41. The van der Waals surface area contributed by atoms with Gasteiger partial charge in [-0.15, -0.1) is 0 Å². The molecule has 3 heteroatoms. The van der Waals surface area contributed by atoms with Gasteiger partial charge in [-0.05, 0) is 31.5 Å². The van der Waals surface area contributed by atoms with Gasteiger partial charge in [-0.2, -0.15) is 0 Å². The predicted octanol–water partition coefficient (Wildman–Crippen LogP) is 3.64. The molecule has 0 radical (unpaired) electrons. The first kappa shape index (κ1) is 13.0. The average Bonchev–Trinajstić information content (AvgIpc) is 2.14. The average molecular weight is 213 g/mol. The Morgan fingerprint density at radius 1 is 1.36 bits per heavy atom. The molecule has 0 saturated carbocycles. The summed E-state index contributed by atoms with van der Waals surface area (Å²) in [5, 5.41) is 8.07. The Bertz CT molecular complexity index is 332. The molecule has 0 aliphatic heterocycles. The van der Waals surface area contributed by atoms with E-state index in [1.54, 1.807) is 13.0 Å². The molecule has 0 atom stereocenters. The number of hydrogen-bond acceptors (Lipinski definition) is 2. The van der Waals surface area contributed by atoms with E-state index in [1.807, 2.05) is 26.8 Å². The van der Waals surface area contributed by atoms with Gasteiger partial charge in [0.15, 0.2) is 0 Å². The Morgan fingerprint density at radius 2 is 1.86 bits per heavy atom. The quantitative estimate of drug-likeness (QED) is 0.542. The molecule has 1 aromatic rings. The Hall–Kier alpha value is -1.02. The van der Waals surface area contributed by atoms with Crippen LogP contribution in [0, 0.1) is 12.3 Å². The molecule has 0 aromatic heterocycles. The smallest absolute Gasteiger partial charge is 0.0456 e. The number of halogens is 1. The van der Waals surface area contributed by atoms with Crippen molar-refractivity contribution in [2.45, 2.75) is 27.7 Å². The van der Waals surface area contributed by atoms with E-state index in [1.165, 1.54) is 0 Å². The molecule has 0 unspecified atom stereocenters. The van der Waals surface area contributed by atoms with Crippen molar-refractivity contribution in [1.82, 2.24) is 0 Å². The van der Waals surface area contributed by atoms with Crippen LogP contribution in [0.3, 0.4) is 0 Å². The summed E-state index contributed by atoms with van der Waals surface area (Å²) in [6.45, 7) is 7.60. The molecule has 14 heavy (non-hydrogen) atoms. The first-order chi connectivity index (χ1) is 6.52. The van der Waals surface area contributed by atoms with E-state index in [2.05, 4.69) is 0 Å². The lowest BCUT2D eigenvalue weighted by Gasteiger charge is -2.06. The number of anilines is 1. The SMILES string of the molecule is CC.CC(=N)c1cc(C)c(Cl)cc1N. The summed E-state index contributed by atoms with van der Waals surface area (Å²) in [6.07, 6.45) is 0. The fraction of sp³-hybridized carbons (Fsp3) is 0.364. The van der Waals surface area contributed by atoms with Crippen molar-refractivity contribution in [3.8, 4) is 0 Å². The first-order valence-corrected chi connectivity index (χ1v) is 5.01. The molecule has 0 aliphatic carbocycles. The minimum atomic E-state index is 0.465. The second-order valence-electron chi connectivity index (χ2n) is 2.81. The van der Waals surface area contributed by atoms with Crippen molar-refractivity contribution in [3.63, 3.8) is 0 Å². The minimum absolute atomic E-state index is 0.465. The van der Waals surface area contributed by atoms with Crippen LogP contribution in [-0.4, -0.2) is 5.71 Å². The second-order valence-corrected chi connectivity index (χ2v) is 3.22. The second kappa shape index (κ2) is 5.66. The lowest BCUT2D eigenvalue weighted by atomic mass is 10.1. The highest BCUT2D eigenvalue weighted by Crippen LogP contribution is 2.22. The van der Waals surface area contributed by atoms with Crippen LogP contribution in [0.25, 0.3) is 0 Å². The van der Waals surface area contributed by atoms with E-state index < -0.39 is 0 Å². The van der Waals surface area contributed by atoms with E-state index in [4.69, 9.17) is 22.7 Å². The topological polar surface area (TPSA) is 49.9 Å². The van der Waals surface area contributed by atoms with Crippen molar-refractivity contribution in [1.29, 1.82) is 5.41 Å². The van der Waals surface area contributed by atoms with Crippen LogP contribution in [0.4, 0.5) is 5.69 Å². The van der Waals surface area contributed by atoms with Crippen LogP contribution in [-0.2, 0) is 0 Å². The molecular weight excluding hydrogens is 196 g/mol. The normalized spacial score (nSPS) is 8.93. The molecule has 0 amide bonds. The number of hydrogen-bond donors (Lipinski definition) is 2. The predicted molar refractivity (Wildman–Crippen MR) is 64.5 cm³/mol. The minimum Gasteiger partial charge on any atom is -0.398 e. The number of nitrogens with two attached hydrogens (primary N) is 1. The lowest BCUT2D eigenvalue weighted by Crippen LogP contribution is -2.00. The zero-order chi connectivity index (χ0) is 11.3. The molecule has 0 aliphatic rings. The van der Waals surface area contributed by atoms with Crippen LogP contribution in [0.5, 0.6) is 0 Å². The highest BCUT2D eigenvalue weighted by molar-refractivity contribution is 6.31. The fourth-order valence-electron chi connectivity index (χ4n) is 1.02. The van der Waals surface area contributed by atoms with Crippen molar-refractivity contribution >= 4 is 23.0 Å². The van der Waals surface area contributed by atoms with Gasteiger partial charge < -0.3 is 11.1 Å². The van der Waals surface area contributed by atoms with Gasteiger partial charge in [0.05, 0.1) is 0 Å². The Morgan fingerprint density at radius 3 is 2.29 bits per heavy atom. The molecule has 1 rings (SSSR count). The van der Waals surface area contributed by atoms with E-state index >= 15 is 0 Å². The van der Waals surface area contributed by atoms with Crippen molar-refractivity contribution in [2.24, 2.45) is 0 Å². The number of nitrogen functional groups attached to an aromatic ring is 1. The third kappa shape index (κ3) is 3.04. The largest absolute Gasteiger partial charge is 0.398 e. The zero-order valence-electron chi connectivity index (χ0n) is 9.11. The third-order valence-corrected chi connectivity index (χ3v) is 2.14. The Balaban J connectivity index is 0.000000791. The van der Waals surface area contributed by atoms with Crippen LogP contribution < -0.4 is 5.73 Å². The van der Waals surface area contributed by atoms with Gasteiger partial charge in [-0.3, -0.25) is 0 Å². The number of rotatable bonds is 1. The first-order valence-electron chi connectivity index (χ1n) is 4.63. The molecule has 2 nitrogen and oxygen atoms in total. The van der Waals surface area contributed by atoms with Gasteiger partial charge >= 0.3 is 0 Å². The van der Waals surface area contributed by atoms with E-state index in [0.29, 0.717) is 16.4 Å². The fourth-order valence-corrected chi connectivity index (χ4v) is 1.19. The summed E-state index contributed by atoms with van der Waals surface area (Å²) < 4.78 is 0. The van der Waals surface area contributed by atoms with E-state index in [-0.39, 0.29) is 0 Å². The van der Waals surface area contributed by atoms with Crippen molar-refractivity contribution in [3.05, 3.63) is 28.3 Å². The van der Waals surface area contributed by atoms with Gasteiger partial charge in [0.1, 0.15) is 0 Å². The molecule has 1 aromatic carbocycles. The summed E-state index contributed by atoms with van der Waals surface area (Å²) in [5.74, 6) is 0. The summed E-state index contributed by atoms with van der Waals surface area (Å²) >= 11 is 5.84. The van der Waals surface area contributed by atoms with Crippen LogP contribution in [0.15, 0.2) is 12.1 Å². The zero-order valence-corrected chi connectivity index (χ0v) is 9.87. The molecule has 0 fully saturated rings. The maximum atomic E-state index is 7.42. The number of nitrogens with one attached hydrogen (secondary N) is 1. The maximum Gasteiger partial charge on any atom is 0.0456 e. The van der Waals surface area contributed by atoms with Crippen molar-refractivity contribution in [2.75, 3.05) is 5.73 Å². The van der Waals surface area contributed by atoms with Gasteiger partial charge in [-0.25, -0.2) is 0 Å².